The van der Waals surface area contributed by atoms with Gasteiger partial charge in [-0.25, -0.2) is 0 Å². The lowest BCUT2D eigenvalue weighted by Gasteiger charge is -2.32. The third-order valence-electron chi connectivity index (χ3n) is 5.55. The van der Waals surface area contributed by atoms with Crippen LogP contribution in [0.5, 0.6) is 5.75 Å². The molecule has 1 fully saturated rings. The molecule has 1 saturated heterocycles. The van der Waals surface area contributed by atoms with Crippen LogP contribution in [-0.4, -0.2) is 72.4 Å². The van der Waals surface area contributed by atoms with Crippen LogP contribution >= 0.6 is 12.2 Å². The molecule has 164 valence electrons. The van der Waals surface area contributed by atoms with Crippen LogP contribution in [0.3, 0.4) is 0 Å². The summed E-state index contributed by atoms with van der Waals surface area (Å²) in [6.45, 7) is 9.70. The van der Waals surface area contributed by atoms with Crippen LogP contribution in [0.15, 0.2) is 29.1 Å². The van der Waals surface area contributed by atoms with Gasteiger partial charge in [0.1, 0.15) is 5.75 Å². The fraction of sp³-hybridized carbons (Fsp3) is 0.545. The van der Waals surface area contributed by atoms with Gasteiger partial charge in [0, 0.05) is 48.7 Å². The van der Waals surface area contributed by atoms with Crippen LogP contribution < -0.4 is 15.6 Å². The van der Waals surface area contributed by atoms with Gasteiger partial charge in [0.25, 0.3) is 5.56 Å². The average Bonchev–Trinajstić information content (AvgIpc) is 2.77. The molecule has 0 radical (unpaired) electrons. The minimum absolute atomic E-state index is 0.0876. The van der Waals surface area contributed by atoms with Crippen molar-refractivity contribution in [2.45, 2.75) is 32.9 Å². The Morgan fingerprint density at radius 1 is 1.37 bits per heavy atom. The predicted octanol–water partition coefficient (Wildman–Crippen LogP) is 2.34. The Bertz CT molecular complexity index is 911. The maximum absolute atomic E-state index is 12.7. The first-order valence-corrected chi connectivity index (χ1v) is 11.0. The second-order valence-corrected chi connectivity index (χ2v) is 8.10. The molecule has 1 aromatic heterocycles. The molecule has 2 N–H and O–H groups in total. The number of pyridine rings is 1. The van der Waals surface area contributed by atoms with E-state index < -0.39 is 0 Å². The maximum Gasteiger partial charge on any atom is 0.253 e. The molecule has 0 aliphatic carbocycles. The van der Waals surface area contributed by atoms with Gasteiger partial charge in [-0.3, -0.25) is 9.69 Å². The van der Waals surface area contributed by atoms with Crippen molar-refractivity contribution in [3.8, 4) is 5.75 Å². The van der Waals surface area contributed by atoms with Crippen LogP contribution in [0, 0.1) is 0 Å². The highest BCUT2D eigenvalue weighted by molar-refractivity contribution is 7.80. The van der Waals surface area contributed by atoms with Crippen LogP contribution in [0.1, 0.15) is 25.8 Å². The van der Waals surface area contributed by atoms with Gasteiger partial charge in [-0.1, -0.05) is 6.92 Å². The van der Waals surface area contributed by atoms with Crippen molar-refractivity contribution < 1.29 is 9.47 Å². The topological polar surface area (TPSA) is 69.8 Å². The van der Waals surface area contributed by atoms with E-state index in [2.05, 4.69) is 33.9 Å². The summed E-state index contributed by atoms with van der Waals surface area (Å²) in [6, 6.07) is 7.86. The number of nitrogens with one attached hydrogen (secondary N) is 2. The Labute approximate surface area is 183 Å². The summed E-state index contributed by atoms with van der Waals surface area (Å²) in [7, 11) is 1.64. The molecule has 0 unspecified atom stereocenters. The first-order valence-electron chi connectivity index (χ1n) is 10.6. The predicted molar refractivity (Wildman–Crippen MR) is 124 cm³/mol. The van der Waals surface area contributed by atoms with Gasteiger partial charge in [0.2, 0.25) is 0 Å². The fourth-order valence-corrected chi connectivity index (χ4v) is 3.78. The molecule has 0 amide bonds. The van der Waals surface area contributed by atoms with Crippen LogP contribution in [0.4, 0.5) is 0 Å². The molecule has 0 bridgehead atoms. The molecule has 1 aromatic carbocycles. The molecular weight excluding hydrogens is 400 g/mol. The number of morpholine rings is 1. The van der Waals surface area contributed by atoms with Crippen molar-refractivity contribution in [1.82, 2.24) is 20.1 Å². The van der Waals surface area contributed by atoms with Gasteiger partial charge in [0.15, 0.2) is 5.11 Å². The Balaban J connectivity index is 1.80. The van der Waals surface area contributed by atoms with Gasteiger partial charge in [-0.15, -0.1) is 0 Å². The number of fused-ring (bicyclic) bond motifs is 1. The van der Waals surface area contributed by atoms with Crippen molar-refractivity contribution in [1.29, 1.82) is 0 Å². The quantitative estimate of drug-likeness (QED) is 0.621. The van der Waals surface area contributed by atoms with E-state index in [4.69, 9.17) is 21.7 Å². The smallest absolute Gasteiger partial charge is 0.253 e. The van der Waals surface area contributed by atoms with E-state index in [9.17, 15) is 4.79 Å². The molecule has 1 aliphatic heterocycles. The Hall–Kier alpha value is -2.16. The number of thiocarbonyl (C=S) groups is 1. The van der Waals surface area contributed by atoms with Crippen LogP contribution in [-0.2, 0) is 11.3 Å². The Kier molecular flexibility index (Phi) is 8.07. The number of rotatable bonds is 8. The number of nitrogens with zero attached hydrogens (tertiary/aromatic N) is 2. The molecule has 1 aliphatic rings. The minimum Gasteiger partial charge on any atom is -0.497 e. The van der Waals surface area contributed by atoms with Gasteiger partial charge in [-0.05, 0) is 49.8 Å². The van der Waals surface area contributed by atoms with E-state index in [1.807, 2.05) is 24.3 Å². The molecule has 7 nitrogen and oxygen atoms in total. The van der Waals surface area contributed by atoms with Crippen molar-refractivity contribution in [3.05, 3.63) is 40.2 Å². The molecular formula is C22H32N4O3S. The standard InChI is InChI=1S/C22H32N4O3S/c1-4-16(2)23-22(30)26(8-7-25-9-11-29-12-10-25)15-18-13-17-14-19(28-3)5-6-20(17)24-21(18)27/h5-6,13-14,16H,4,7-12,15H2,1-3H3,(H,23,30)(H,24,27)/t16-/m1/s1. The zero-order valence-electron chi connectivity index (χ0n) is 18.1. The third kappa shape index (κ3) is 5.93. The molecule has 2 aromatic rings. The summed E-state index contributed by atoms with van der Waals surface area (Å²) < 4.78 is 10.8. The number of benzene rings is 1. The lowest BCUT2D eigenvalue weighted by atomic mass is 10.1. The third-order valence-corrected chi connectivity index (χ3v) is 5.92. The average molecular weight is 433 g/mol. The molecule has 0 spiro atoms. The molecule has 1 atom stereocenters. The van der Waals surface area contributed by atoms with Crippen LogP contribution in [0.25, 0.3) is 10.9 Å². The summed E-state index contributed by atoms with van der Waals surface area (Å²) in [5, 5.41) is 5.02. The number of methoxy groups -OCH3 is 1. The van der Waals surface area contributed by atoms with Gasteiger partial charge in [0.05, 0.1) is 26.9 Å². The Morgan fingerprint density at radius 3 is 2.83 bits per heavy atom. The highest BCUT2D eigenvalue weighted by Crippen LogP contribution is 2.19. The molecule has 30 heavy (non-hydrogen) atoms. The van der Waals surface area contributed by atoms with E-state index in [-0.39, 0.29) is 11.6 Å². The highest BCUT2D eigenvalue weighted by atomic mass is 32.1. The second kappa shape index (κ2) is 10.7. The number of H-pyrrole nitrogens is 1. The fourth-order valence-electron chi connectivity index (χ4n) is 3.42. The second-order valence-electron chi connectivity index (χ2n) is 7.71. The summed E-state index contributed by atoms with van der Waals surface area (Å²) in [5.74, 6) is 0.763. The SMILES string of the molecule is CC[C@@H](C)NC(=S)N(CCN1CCOCC1)Cc1cc2cc(OC)ccc2[nH]c1=O. The lowest BCUT2D eigenvalue weighted by Crippen LogP contribution is -2.48. The summed E-state index contributed by atoms with van der Waals surface area (Å²) in [5.41, 5.74) is 1.39. The maximum atomic E-state index is 12.7. The summed E-state index contributed by atoms with van der Waals surface area (Å²) >= 11 is 5.70. The molecule has 8 heteroatoms. The van der Waals surface area contributed by atoms with Crippen molar-refractivity contribution in [2.24, 2.45) is 0 Å². The van der Waals surface area contributed by atoms with E-state index in [0.717, 1.165) is 62.5 Å². The zero-order chi connectivity index (χ0) is 21.5. The van der Waals surface area contributed by atoms with E-state index in [0.29, 0.717) is 17.2 Å². The number of hydrogen-bond acceptors (Lipinski definition) is 5. The van der Waals surface area contributed by atoms with E-state index in [1.54, 1.807) is 7.11 Å². The molecule has 0 saturated carbocycles. The molecule has 3 rings (SSSR count). The minimum atomic E-state index is -0.0876. The number of hydrogen-bond donors (Lipinski definition) is 2. The summed E-state index contributed by atoms with van der Waals surface area (Å²) in [6.07, 6.45) is 0.980. The van der Waals surface area contributed by atoms with Crippen LogP contribution in [0.2, 0.25) is 0 Å². The first-order chi connectivity index (χ1) is 14.5. The monoisotopic (exact) mass is 432 g/mol. The normalized spacial score (nSPS) is 15.7. The number of aromatic amines is 1. The lowest BCUT2D eigenvalue weighted by molar-refractivity contribution is 0.0357. The van der Waals surface area contributed by atoms with Crippen molar-refractivity contribution in [2.75, 3.05) is 46.5 Å². The Morgan fingerprint density at radius 2 is 2.13 bits per heavy atom. The van der Waals surface area contributed by atoms with Gasteiger partial charge >= 0.3 is 0 Å². The first kappa shape index (κ1) is 22.5. The number of ether oxygens (including phenoxy) is 2. The summed E-state index contributed by atoms with van der Waals surface area (Å²) in [4.78, 5) is 20.2. The van der Waals surface area contributed by atoms with E-state index in [1.165, 1.54) is 0 Å². The molecule has 2 heterocycles. The van der Waals surface area contributed by atoms with Crippen molar-refractivity contribution >= 4 is 28.2 Å². The largest absolute Gasteiger partial charge is 0.497 e. The van der Waals surface area contributed by atoms with E-state index >= 15 is 0 Å². The number of aromatic nitrogens is 1. The van der Waals surface area contributed by atoms with Gasteiger partial charge in [-0.2, -0.15) is 0 Å². The van der Waals surface area contributed by atoms with Crippen molar-refractivity contribution in [3.63, 3.8) is 0 Å². The highest BCUT2D eigenvalue weighted by Gasteiger charge is 2.17. The zero-order valence-corrected chi connectivity index (χ0v) is 18.9. The van der Waals surface area contributed by atoms with Gasteiger partial charge < -0.3 is 24.7 Å².